The molecule has 1 aliphatic heterocycles. The van der Waals surface area contributed by atoms with Gasteiger partial charge in [-0.3, -0.25) is 0 Å². The normalized spacial score (nSPS) is 30.9. The third-order valence-corrected chi connectivity index (χ3v) is 7.24. The molecule has 10 heteroatoms. The van der Waals surface area contributed by atoms with Gasteiger partial charge in [0.2, 0.25) is 0 Å². The summed E-state index contributed by atoms with van der Waals surface area (Å²) in [5.41, 5.74) is 0.282. The fourth-order valence-corrected chi connectivity index (χ4v) is 4.31. The first-order valence-electron chi connectivity index (χ1n) is 13.9. The number of aliphatic hydroxyl groups excluding tert-OH is 2. The number of aromatic nitrogens is 1. The molecule has 0 saturated carbocycles. The highest BCUT2D eigenvalue weighted by Gasteiger charge is 2.31. The molecule has 1 aromatic rings. The summed E-state index contributed by atoms with van der Waals surface area (Å²) in [6, 6.07) is 0. The van der Waals surface area contributed by atoms with Crippen molar-refractivity contribution < 1.29 is 43.9 Å². The summed E-state index contributed by atoms with van der Waals surface area (Å²) < 4.78 is 16.9. The largest absolute Gasteiger partial charge is 0.479 e. The van der Waals surface area contributed by atoms with Gasteiger partial charge >= 0.3 is 11.9 Å². The smallest absolute Gasteiger partial charge is 0.335 e. The summed E-state index contributed by atoms with van der Waals surface area (Å²) in [5.74, 6) is -1.71. The zero-order valence-corrected chi connectivity index (χ0v) is 24.8. The van der Waals surface area contributed by atoms with Gasteiger partial charge in [0, 0.05) is 31.9 Å². The molecule has 1 aliphatic rings. The third-order valence-electron chi connectivity index (χ3n) is 7.24. The zero-order chi connectivity index (χ0) is 30.7. The Balaban J connectivity index is 2.31. The molecule has 0 aliphatic carbocycles. The van der Waals surface area contributed by atoms with Crippen molar-refractivity contribution in [2.75, 3.05) is 7.11 Å². The summed E-state index contributed by atoms with van der Waals surface area (Å²) in [5, 5.41) is 40.8. The predicted molar refractivity (Wildman–Crippen MR) is 154 cm³/mol. The zero-order valence-electron chi connectivity index (χ0n) is 24.8. The number of aliphatic hydroxyl groups is 3. The van der Waals surface area contributed by atoms with Crippen LogP contribution in [0.4, 0.5) is 0 Å². The van der Waals surface area contributed by atoms with E-state index in [1.165, 1.54) is 20.1 Å². The van der Waals surface area contributed by atoms with E-state index >= 15 is 0 Å². The Kier molecular flexibility index (Phi) is 13.2. The maximum Gasteiger partial charge on any atom is 0.335 e. The second kappa shape index (κ2) is 15.8. The molecule has 0 spiro atoms. The second-order valence-corrected chi connectivity index (χ2v) is 11.2. The molecule has 7 atom stereocenters. The van der Waals surface area contributed by atoms with Crippen LogP contribution in [0.2, 0.25) is 0 Å². The van der Waals surface area contributed by atoms with Crippen LogP contribution >= 0.6 is 0 Å². The molecular formula is C31H45NO9. The highest BCUT2D eigenvalue weighted by molar-refractivity contribution is 5.82. The van der Waals surface area contributed by atoms with Crippen molar-refractivity contribution in [3.05, 3.63) is 59.9 Å². The maximum atomic E-state index is 12.8. The van der Waals surface area contributed by atoms with Crippen LogP contribution in [0.5, 0.6) is 0 Å². The van der Waals surface area contributed by atoms with Crippen LogP contribution in [-0.4, -0.2) is 74.5 Å². The number of methoxy groups -OCH3 is 1. The SMILES string of the molecule is CO[C@@H]1C[C@H](C)CCc2nc(co2)/C(C)=C\[C@H](O)[C@@H](C)/C=C\C(=O)O[C@H](/C=C(\C)C/C=C\C[C@](C)(O)C(=O)O)[C@H]1O. The number of allylic oxidation sites excluding steroid dienone is 3. The number of hydrogen-bond acceptors (Lipinski definition) is 9. The van der Waals surface area contributed by atoms with Crippen molar-refractivity contribution >= 4 is 17.5 Å². The van der Waals surface area contributed by atoms with Gasteiger partial charge in [0.15, 0.2) is 11.5 Å². The molecule has 10 nitrogen and oxygen atoms in total. The summed E-state index contributed by atoms with van der Waals surface area (Å²) in [6.45, 7) is 8.65. The topological polar surface area (TPSA) is 160 Å². The molecule has 41 heavy (non-hydrogen) atoms. The number of cyclic esters (lactones) is 1. The van der Waals surface area contributed by atoms with E-state index in [1.807, 2.05) is 13.8 Å². The predicted octanol–water partition coefficient (Wildman–Crippen LogP) is 4.01. The van der Waals surface area contributed by atoms with E-state index < -0.39 is 47.9 Å². The Labute approximate surface area is 242 Å². The second-order valence-electron chi connectivity index (χ2n) is 11.2. The first-order chi connectivity index (χ1) is 19.2. The summed E-state index contributed by atoms with van der Waals surface area (Å²) in [7, 11) is 1.50. The van der Waals surface area contributed by atoms with Crippen LogP contribution < -0.4 is 0 Å². The van der Waals surface area contributed by atoms with E-state index in [4.69, 9.17) is 19.0 Å². The van der Waals surface area contributed by atoms with E-state index in [0.717, 1.165) is 17.6 Å². The van der Waals surface area contributed by atoms with Crippen LogP contribution in [-0.2, 0) is 25.5 Å². The average molecular weight is 576 g/mol. The number of hydrogen-bond donors (Lipinski definition) is 4. The minimum absolute atomic E-state index is 0.0708. The van der Waals surface area contributed by atoms with Gasteiger partial charge in [0.1, 0.15) is 24.2 Å². The highest BCUT2D eigenvalue weighted by atomic mass is 16.6. The molecule has 0 fully saturated rings. The number of oxazole rings is 1. The van der Waals surface area contributed by atoms with E-state index in [-0.39, 0.29) is 12.3 Å². The van der Waals surface area contributed by atoms with Gasteiger partial charge < -0.3 is 34.3 Å². The van der Waals surface area contributed by atoms with Gasteiger partial charge in [-0.2, -0.15) is 0 Å². The van der Waals surface area contributed by atoms with Crippen molar-refractivity contribution in [1.29, 1.82) is 0 Å². The molecule has 2 rings (SSSR count). The molecule has 228 valence electrons. The first kappa shape index (κ1) is 34.2. The summed E-state index contributed by atoms with van der Waals surface area (Å²) in [4.78, 5) is 28.4. The van der Waals surface area contributed by atoms with Gasteiger partial charge in [-0.25, -0.2) is 14.6 Å². The number of aryl methyl sites for hydroxylation is 1. The first-order valence-corrected chi connectivity index (χ1v) is 13.9. The minimum atomic E-state index is -1.87. The molecule has 1 aromatic heterocycles. The van der Waals surface area contributed by atoms with Gasteiger partial charge in [-0.05, 0) is 57.6 Å². The van der Waals surface area contributed by atoms with Gasteiger partial charge in [0.25, 0.3) is 0 Å². The number of esters is 1. The number of ether oxygens (including phenoxy) is 2. The highest BCUT2D eigenvalue weighted by Crippen LogP contribution is 2.24. The van der Waals surface area contributed by atoms with Gasteiger partial charge in [-0.1, -0.05) is 43.7 Å². The van der Waals surface area contributed by atoms with Crippen LogP contribution in [0.15, 0.2) is 52.7 Å². The monoisotopic (exact) mass is 575 g/mol. The Bertz CT molecular complexity index is 1130. The molecule has 2 bridgehead atoms. The lowest BCUT2D eigenvalue weighted by Gasteiger charge is -2.29. The number of carboxylic acids is 1. The number of nitrogens with zero attached hydrogens (tertiary/aromatic N) is 1. The van der Waals surface area contributed by atoms with E-state index in [1.54, 1.807) is 50.5 Å². The summed E-state index contributed by atoms with van der Waals surface area (Å²) in [6.07, 6.45) is 9.32. The molecule has 2 heterocycles. The van der Waals surface area contributed by atoms with Crippen molar-refractivity contribution in [3.8, 4) is 0 Å². The number of carboxylic acid groups (broad SMARTS) is 1. The van der Waals surface area contributed by atoms with E-state index in [0.29, 0.717) is 30.8 Å². The molecule has 0 aromatic carbocycles. The molecular weight excluding hydrogens is 530 g/mol. The Morgan fingerprint density at radius 3 is 2.63 bits per heavy atom. The quantitative estimate of drug-likeness (QED) is 0.276. The van der Waals surface area contributed by atoms with Gasteiger partial charge in [-0.15, -0.1) is 0 Å². The van der Waals surface area contributed by atoms with E-state index in [2.05, 4.69) is 4.98 Å². The lowest BCUT2D eigenvalue weighted by molar-refractivity contribution is -0.156. The van der Waals surface area contributed by atoms with Crippen molar-refractivity contribution in [2.24, 2.45) is 11.8 Å². The van der Waals surface area contributed by atoms with Gasteiger partial charge in [0.05, 0.1) is 12.2 Å². The van der Waals surface area contributed by atoms with Crippen LogP contribution in [0.1, 0.15) is 71.9 Å². The summed E-state index contributed by atoms with van der Waals surface area (Å²) >= 11 is 0. The molecule has 0 unspecified atom stereocenters. The lowest BCUT2D eigenvalue weighted by Crippen LogP contribution is -2.41. The number of aliphatic carboxylic acids is 1. The van der Waals surface area contributed by atoms with Crippen molar-refractivity contribution in [1.82, 2.24) is 4.98 Å². The molecule has 4 N–H and O–H groups in total. The number of rotatable bonds is 7. The van der Waals surface area contributed by atoms with Crippen LogP contribution in [0, 0.1) is 11.8 Å². The Morgan fingerprint density at radius 1 is 1.27 bits per heavy atom. The molecule has 0 amide bonds. The minimum Gasteiger partial charge on any atom is -0.479 e. The Morgan fingerprint density at radius 2 is 1.98 bits per heavy atom. The lowest BCUT2D eigenvalue weighted by atomic mass is 9.93. The third kappa shape index (κ3) is 11.0. The molecule has 0 saturated heterocycles. The number of fused-ring (bicyclic) bond motifs is 2. The average Bonchev–Trinajstić information content (AvgIpc) is 3.39. The fraction of sp³-hybridized carbons (Fsp3) is 0.581. The van der Waals surface area contributed by atoms with E-state index in [9.17, 15) is 24.9 Å². The fourth-order valence-electron chi connectivity index (χ4n) is 4.31. The molecule has 0 radical (unpaired) electrons. The standard InChI is InChI=1S/C31H45NO9/c1-19(9-7-8-14-31(5,38)30(36)37)16-26-29(35)25(39-6)15-20(2)10-12-27-32-23(18-40-27)22(4)17-24(33)21(3)11-13-28(34)41-26/h7-8,11,13,16-18,20-21,24-26,29,33,35,38H,9-10,12,14-15H2,1-6H3,(H,36,37)/b8-7-,13-11-,19-16+,22-17-/t20-,21+,24+,25-,26-,29+,31+/m1/s1. The van der Waals surface area contributed by atoms with Crippen LogP contribution in [0.3, 0.4) is 0 Å². The van der Waals surface area contributed by atoms with Crippen molar-refractivity contribution in [3.63, 3.8) is 0 Å². The maximum absolute atomic E-state index is 12.8. The number of carbonyl (C=O) groups is 2. The Hall–Kier alpha value is -3.05. The van der Waals surface area contributed by atoms with Crippen LogP contribution in [0.25, 0.3) is 5.57 Å². The van der Waals surface area contributed by atoms with Crippen molar-refractivity contribution in [2.45, 2.75) is 96.7 Å². The number of carbonyl (C=O) groups excluding carboxylic acids is 1.